The second-order valence-corrected chi connectivity index (χ2v) is 11.6. The Morgan fingerprint density at radius 1 is 1.00 bits per heavy atom. The van der Waals surface area contributed by atoms with Crippen LogP contribution in [0.2, 0.25) is 0 Å². The molecule has 1 N–H and O–H groups in total. The number of carbonyl (C=O) groups is 2. The van der Waals surface area contributed by atoms with Gasteiger partial charge in [-0.1, -0.05) is 0 Å². The smallest absolute Gasteiger partial charge is 0.237 e. The summed E-state index contributed by atoms with van der Waals surface area (Å²) < 4.78 is 46.1. The van der Waals surface area contributed by atoms with Crippen LogP contribution in [0.1, 0.15) is 26.7 Å². The molecule has 2 heterocycles. The molecule has 8 nitrogen and oxygen atoms in total. The van der Waals surface area contributed by atoms with Crippen molar-refractivity contribution in [2.75, 3.05) is 30.1 Å². The second kappa shape index (κ2) is 6.29. The monoisotopic (exact) mass is 380 g/mol. The molecular formula is C14H24N2O6S2. The molecule has 2 amide bonds. The summed E-state index contributed by atoms with van der Waals surface area (Å²) >= 11 is 0. The van der Waals surface area contributed by atoms with E-state index >= 15 is 0 Å². The SMILES string of the molecule is CN(C(=O)C(C)(C)C(=O)NC1CCS(=O)(=O)C1)C1CCS(=O)(=O)C1. The highest BCUT2D eigenvalue weighted by molar-refractivity contribution is 7.91. The van der Waals surface area contributed by atoms with Gasteiger partial charge in [0.2, 0.25) is 11.8 Å². The number of carbonyl (C=O) groups excluding carboxylic acids is 2. The first-order chi connectivity index (χ1) is 10.8. The maximum Gasteiger partial charge on any atom is 0.237 e. The lowest BCUT2D eigenvalue weighted by atomic mass is 9.89. The molecule has 0 spiro atoms. The predicted octanol–water partition coefficient (Wildman–Crippen LogP) is -1.04. The van der Waals surface area contributed by atoms with Crippen molar-refractivity contribution >= 4 is 31.5 Å². The third-order valence-corrected chi connectivity index (χ3v) is 8.26. The predicted molar refractivity (Wildman–Crippen MR) is 88.8 cm³/mol. The maximum atomic E-state index is 12.7. The lowest BCUT2D eigenvalue weighted by Crippen LogP contribution is -2.53. The van der Waals surface area contributed by atoms with E-state index in [0.29, 0.717) is 12.8 Å². The molecule has 2 saturated heterocycles. The van der Waals surface area contributed by atoms with E-state index in [4.69, 9.17) is 0 Å². The highest BCUT2D eigenvalue weighted by Crippen LogP contribution is 2.25. The van der Waals surface area contributed by atoms with E-state index in [2.05, 4.69) is 5.32 Å². The molecule has 2 fully saturated rings. The first kappa shape index (κ1) is 19.2. The van der Waals surface area contributed by atoms with Crippen LogP contribution in [0.3, 0.4) is 0 Å². The summed E-state index contributed by atoms with van der Waals surface area (Å²) in [7, 11) is -4.76. The molecule has 0 aromatic carbocycles. The summed E-state index contributed by atoms with van der Waals surface area (Å²) in [6.45, 7) is 2.93. The van der Waals surface area contributed by atoms with Crippen molar-refractivity contribution in [3.63, 3.8) is 0 Å². The quantitative estimate of drug-likeness (QED) is 0.623. The second-order valence-electron chi connectivity index (χ2n) is 7.17. The van der Waals surface area contributed by atoms with Gasteiger partial charge in [-0.25, -0.2) is 16.8 Å². The molecule has 2 unspecified atom stereocenters. The van der Waals surface area contributed by atoms with Gasteiger partial charge >= 0.3 is 0 Å². The molecule has 0 bridgehead atoms. The van der Waals surface area contributed by atoms with Gasteiger partial charge in [0, 0.05) is 19.1 Å². The van der Waals surface area contributed by atoms with Gasteiger partial charge in [0.15, 0.2) is 19.7 Å². The van der Waals surface area contributed by atoms with Crippen LogP contribution < -0.4 is 5.32 Å². The van der Waals surface area contributed by atoms with Crippen molar-refractivity contribution < 1.29 is 26.4 Å². The van der Waals surface area contributed by atoms with Crippen molar-refractivity contribution in [1.29, 1.82) is 0 Å². The lowest BCUT2D eigenvalue weighted by molar-refractivity contribution is -0.149. The molecule has 10 heteroatoms. The van der Waals surface area contributed by atoms with E-state index in [9.17, 15) is 26.4 Å². The zero-order chi connectivity index (χ0) is 18.3. The van der Waals surface area contributed by atoms with Crippen molar-refractivity contribution in [3.05, 3.63) is 0 Å². The number of hydrogen-bond donors (Lipinski definition) is 1. The highest BCUT2D eigenvalue weighted by atomic mass is 32.2. The fraction of sp³-hybridized carbons (Fsp3) is 0.857. The molecule has 2 atom stereocenters. The summed E-state index contributed by atoms with van der Waals surface area (Å²) in [6, 6.07) is -0.909. The summed E-state index contributed by atoms with van der Waals surface area (Å²) in [6.07, 6.45) is 0.707. The molecule has 0 saturated carbocycles. The van der Waals surface area contributed by atoms with Crippen LogP contribution >= 0.6 is 0 Å². The minimum atomic E-state index is -3.13. The number of amides is 2. The van der Waals surface area contributed by atoms with E-state index in [0.717, 1.165) is 0 Å². The van der Waals surface area contributed by atoms with E-state index in [1.54, 1.807) is 0 Å². The zero-order valence-corrected chi connectivity index (χ0v) is 15.7. The average Bonchev–Trinajstić information content (AvgIpc) is 2.98. The van der Waals surface area contributed by atoms with Crippen LogP contribution in [0.15, 0.2) is 0 Å². The van der Waals surface area contributed by atoms with Crippen LogP contribution in [0.25, 0.3) is 0 Å². The van der Waals surface area contributed by atoms with E-state index in [1.807, 2.05) is 0 Å². The Morgan fingerprint density at radius 2 is 1.54 bits per heavy atom. The van der Waals surface area contributed by atoms with Gasteiger partial charge in [-0.3, -0.25) is 9.59 Å². The Kier molecular flexibility index (Phi) is 5.02. The Balaban J connectivity index is 2.02. The first-order valence-electron chi connectivity index (χ1n) is 7.83. The van der Waals surface area contributed by atoms with Crippen LogP contribution in [0.4, 0.5) is 0 Å². The minimum Gasteiger partial charge on any atom is -0.351 e. The number of nitrogens with one attached hydrogen (secondary N) is 1. The number of nitrogens with zero attached hydrogens (tertiary/aromatic N) is 1. The normalized spacial score (nSPS) is 28.5. The summed E-state index contributed by atoms with van der Waals surface area (Å²) in [5.74, 6) is -1.13. The van der Waals surface area contributed by atoms with Crippen LogP contribution in [-0.2, 0) is 29.3 Å². The first-order valence-corrected chi connectivity index (χ1v) is 11.5. The highest BCUT2D eigenvalue weighted by Gasteiger charge is 2.43. The Morgan fingerprint density at radius 3 is 2.00 bits per heavy atom. The largest absolute Gasteiger partial charge is 0.351 e. The number of rotatable bonds is 4. The topological polar surface area (TPSA) is 118 Å². The lowest BCUT2D eigenvalue weighted by Gasteiger charge is -2.32. The number of hydrogen-bond acceptors (Lipinski definition) is 6. The summed E-state index contributed by atoms with van der Waals surface area (Å²) in [5, 5.41) is 2.63. The van der Waals surface area contributed by atoms with Gasteiger partial charge in [-0.2, -0.15) is 0 Å². The molecule has 0 radical (unpaired) electrons. The van der Waals surface area contributed by atoms with Crippen molar-refractivity contribution in [2.45, 2.75) is 38.8 Å². The fourth-order valence-corrected chi connectivity index (χ4v) is 6.51. The zero-order valence-electron chi connectivity index (χ0n) is 14.1. The number of sulfone groups is 2. The van der Waals surface area contributed by atoms with Gasteiger partial charge < -0.3 is 10.2 Å². The van der Waals surface area contributed by atoms with Crippen molar-refractivity contribution in [3.8, 4) is 0 Å². The molecule has 24 heavy (non-hydrogen) atoms. The van der Waals surface area contributed by atoms with Gasteiger partial charge in [0.05, 0.1) is 23.0 Å². The summed E-state index contributed by atoms with van der Waals surface area (Å²) in [5.41, 5.74) is -1.40. The molecule has 138 valence electrons. The van der Waals surface area contributed by atoms with Crippen molar-refractivity contribution in [2.24, 2.45) is 5.41 Å². The fourth-order valence-electron chi connectivity index (χ4n) is 3.06. The molecule has 2 aliphatic rings. The van der Waals surface area contributed by atoms with Crippen LogP contribution in [-0.4, -0.2) is 75.7 Å². The van der Waals surface area contributed by atoms with Gasteiger partial charge in [-0.05, 0) is 26.7 Å². The van der Waals surface area contributed by atoms with Crippen molar-refractivity contribution in [1.82, 2.24) is 10.2 Å². The Bertz CT molecular complexity index is 741. The van der Waals surface area contributed by atoms with Gasteiger partial charge in [-0.15, -0.1) is 0 Å². The molecule has 0 aromatic heterocycles. The molecule has 2 aliphatic heterocycles. The maximum absolute atomic E-state index is 12.7. The Labute approximate surface area is 142 Å². The van der Waals surface area contributed by atoms with Gasteiger partial charge in [0.25, 0.3) is 0 Å². The third-order valence-electron chi connectivity index (χ3n) is 4.75. The van der Waals surface area contributed by atoms with E-state index in [-0.39, 0.29) is 23.0 Å². The van der Waals surface area contributed by atoms with E-state index in [1.165, 1.54) is 25.8 Å². The molecule has 0 aromatic rings. The molecule has 0 aliphatic carbocycles. The Hall–Kier alpha value is -1.16. The van der Waals surface area contributed by atoms with Crippen LogP contribution in [0.5, 0.6) is 0 Å². The minimum absolute atomic E-state index is 0.0339. The summed E-state index contributed by atoms with van der Waals surface area (Å²) in [4.78, 5) is 26.4. The average molecular weight is 380 g/mol. The molecule has 2 rings (SSSR count). The van der Waals surface area contributed by atoms with Gasteiger partial charge in [0.1, 0.15) is 5.41 Å². The standard InChI is InChI=1S/C14H24N2O6S2/c1-14(2,12(17)15-10-4-6-23(19,20)8-10)13(18)16(3)11-5-7-24(21,22)9-11/h10-11H,4-9H2,1-3H3,(H,15,17). The van der Waals surface area contributed by atoms with Crippen LogP contribution in [0, 0.1) is 5.41 Å². The third kappa shape index (κ3) is 4.08. The molecular weight excluding hydrogens is 356 g/mol. The van der Waals surface area contributed by atoms with E-state index < -0.39 is 49.0 Å².